The van der Waals surface area contributed by atoms with Crippen LogP contribution in [0.5, 0.6) is 0 Å². The molecule has 134 valence electrons. The summed E-state index contributed by atoms with van der Waals surface area (Å²) in [5.41, 5.74) is -1.00. The average Bonchev–Trinajstić information content (AvgIpc) is 2.45. The van der Waals surface area contributed by atoms with Crippen molar-refractivity contribution in [2.45, 2.75) is 44.2 Å². The van der Waals surface area contributed by atoms with Gasteiger partial charge in [-0.25, -0.2) is 0 Å². The first kappa shape index (κ1) is 18.3. The second-order valence-corrected chi connectivity index (χ2v) is 5.57. The highest BCUT2D eigenvalue weighted by Crippen LogP contribution is 2.33. The van der Waals surface area contributed by atoms with Crippen LogP contribution in [0.15, 0.2) is 18.3 Å². The normalized spacial score (nSPS) is 22.4. The van der Waals surface area contributed by atoms with Gasteiger partial charge in [-0.1, -0.05) is 0 Å². The van der Waals surface area contributed by atoms with Crippen molar-refractivity contribution in [3.63, 3.8) is 0 Å². The van der Waals surface area contributed by atoms with Crippen molar-refractivity contribution in [1.82, 2.24) is 9.88 Å². The Morgan fingerprint density at radius 3 is 2.46 bits per heavy atom. The third-order valence-electron chi connectivity index (χ3n) is 3.79. The number of likely N-dealkylation sites (tertiary alicyclic amines) is 1. The molecule has 2 heterocycles. The van der Waals surface area contributed by atoms with Crippen LogP contribution in [0.4, 0.5) is 32.0 Å². The van der Waals surface area contributed by atoms with Crippen molar-refractivity contribution in [3.05, 3.63) is 24.0 Å². The van der Waals surface area contributed by atoms with Crippen LogP contribution in [0.3, 0.4) is 0 Å². The molecule has 0 spiro atoms. The summed E-state index contributed by atoms with van der Waals surface area (Å²) in [7, 11) is 0. The molecule has 1 aliphatic rings. The Hall–Kier alpha value is -2.00. The summed E-state index contributed by atoms with van der Waals surface area (Å²) in [6.45, 7) is 0.804. The summed E-state index contributed by atoms with van der Waals surface area (Å²) in [6.07, 6.45) is -8.40. The molecule has 4 nitrogen and oxygen atoms in total. The van der Waals surface area contributed by atoms with E-state index < -0.39 is 36.0 Å². The molecule has 1 saturated heterocycles. The molecule has 1 aromatic rings. The number of pyridine rings is 1. The van der Waals surface area contributed by atoms with Gasteiger partial charge < -0.3 is 10.2 Å². The molecular weight excluding hydrogens is 340 g/mol. The van der Waals surface area contributed by atoms with E-state index in [2.05, 4.69) is 10.3 Å². The Morgan fingerprint density at radius 2 is 1.92 bits per heavy atom. The summed E-state index contributed by atoms with van der Waals surface area (Å²) >= 11 is 0. The summed E-state index contributed by atoms with van der Waals surface area (Å²) in [6, 6.07) is -0.357. The largest absolute Gasteiger partial charge is 0.433 e. The molecule has 0 aliphatic carbocycles. The lowest BCUT2D eigenvalue weighted by molar-refractivity contribution is -0.195. The highest BCUT2D eigenvalue weighted by molar-refractivity contribution is 5.74. The zero-order chi connectivity index (χ0) is 18.1. The molecule has 0 bridgehead atoms. The number of hydrogen-bond acceptors (Lipinski definition) is 3. The van der Waals surface area contributed by atoms with Crippen LogP contribution >= 0.6 is 0 Å². The molecule has 1 fully saturated rings. The lowest BCUT2D eigenvalue weighted by atomic mass is 9.97. The number of aromatic nitrogens is 1. The minimum atomic E-state index is -4.61. The molecule has 0 unspecified atom stereocenters. The molecule has 0 saturated carbocycles. The van der Waals surface area contributed by atoms with Gasteiger partial charge in [0, 0.05) is 31.4 Å². The Morgan fingerprint density at radius 1 is 1.25 bits per heavy atom. The zero-order valence-electron chi connectivity index (χ0n) is 12.6. The fourth-order valence-corrected chi connectivity index (χ4v) is 2.69. The first-order valence-corrected chi connectivity index (χ1v) is 7.12. The van der Waals surface area contributed by atoms with Gasteiger partial charge in [0.15, 0.2) is 0 Å². The lowest BCUT2D eigenvalue weighted by Crippen LogP contribution is -2.55. The van der Waals surface area contributed by atoms with Crippen LogP contribution in [-0.4, -0.2) is 40.6 Å². The van der Waals surface area contributed by atoms with Crippen molar-refractivity contribution in [3.8, 4) is 0 Å². The highest BCUT2D eigenvalue weighted by atomic mass is 19.4. The van der Waals surface area contributed by atoms with E-state index in [1.165, 1.54) is 6.07 Å². The second-order valence-electron chi connectivity index (χ2n) is 5.57. The number of rotatable bonds is 2. The van der Waals surface area contributed by atoms with Gasteiger partial charge in [0.05, 0.1) is 0 Å². The van der Waals surface area contributed by atoms with Crippen LogP contribution < -0.4 is 5.32 Å². The number of carbonyl (C=O) groups is 1. The van der Waals surface area contributed by atoms with E-state index in [1.54, 1.807) is 0 Å². The number of nitrogens with one attached hydrogen (secondary N) is 1. The van der Waals surface area contributed by atoms with E-state index in [9.17, 15) is 31.1 Å². The number of amides is 1. The highest BCUT2D eigenvalue weighted by Gasteiger charge is 2.47. The monoisotopic (exact) mass is 355 g/mol. The van der Waals surface area contributed by atoms with Crippen LogP contribution in [0, 0.1) is 0 Å². The number of piperidine rings is 1. The number of anilines is 1. The quantitative estimate of drug-likeness (QED) is 0.827. The van der Waals surface area contributed by atoms with E-state index in [0.29, 0.717) is 4.90 Å². The molecule has 0 aromatic carbocycles. The SMILES string of the molecule is CC(=O)N1C[C@@H](Nc2ccnc(C(F)(F)F)c2)CC[C@@H]1C(F)(F)F. The maximum absolute atomic E-state index is 12.9. The third-order valence-corrected chi connectivity index (χ3v) is 3.79. The molecule has 10 heteroatoms. The maximum atomic E-state index is 12.9. The number of carbonyl (C=O) groups excluding carboxylic acids is 1. The number of halogens is 6. The predicted molar refractivity (Wildman–Crippen MR) is 73.1 cm³/mol. The number of nitrogens with zero attached hydrogens (tertiary/aromatic N) is 2. The van der Waals surface area contributed by atoms with Gasteiger partial charge >= 0.3 is 12.4 Å². The summed E-state index contributed by atoms with van der Waals surface area (Å²) in [5.74, 6) is -0.727. The first-order chi connectivity index (χ1) is 11.0. The van der Waals surface area contributed by atoms with Crippen LogP contribution in [0.25, 0.3) is 0 Å². The predicted octanol–water partition coefficient (Wildman–Crippen LogP) is 3.45. The van der Waals surface area contributed by atoms with E-state index >= 15 is 0 Å². The second kappa shape index (κ2) is 6.48. The number of alkyl halides is 6. The summed E-state index contributed by atoms with van der Waals surface area (Å²) < 4.78 is 76.7. The Labute approximate surface area is 133 Å². The Balaban J connectivity index is 2.11. The maximum Gasteiger partial charge on any atom is 0.433 e. The van der Waals surface area contributed by atoms with Gasteiger partial charge in [0.2, 0.25) is 5.91 Å². The van der Waals surface area contributed by atoms with Crippen LogP contribution in [-0.2, 0) is 11.0 Å². The minimum Gasteiger partial charge on any atom is -0.380 e. The first-order valence-electron chi connectivity index (χ1n) is 7.12. The van der Waals surface area contributed by atoms with E-state index in [-0.39, 0.29) is 25.1 Å². The standard InChI is InChI=1S/C14H15F6N3O/c1-8(24)23-7-10(2-3-12(23)14(18,19)20)22-9-4-5-21-11(6-9)13(15,16)17/h4-6,10,12H,2-3,7H2,1H3,(H,21,22)/t10-,12+/m0/s1. The Bertz CT molecular complexity index is 601. The van der Waals surface area contributed by atoms with Crippen LogP contribution in [0.2, 0.25) is 0 Å². The molecular formula is C14H15F6N3O. The van der Waals surface area contributed by atoms with E-state index in [4.69, 9.17) is 0 Å². The average molecular weight is 355 g/mol. The topological polar surface area (TPSA) is 45.2 Å². The summed E-state index contributed by atoms with van der Waals surface area (Å²) in [5, 5.41) is 2.75. The zero-order valence-corrected chi connectivity index (χ0v) is 12.6. The van der Waals surface area contributed by atoms with Gasteiger partial charge in [-0.2, -0.15) is 26.3 Å². The Kier molecular flexibility index (Phi) is 4.95. The molecule has 2 rings (SSSR count). The molecule has 2 atom stereocenters. The van der Waals surface area contributed by atoms with Gasteiger partial charge in [0.25, 0.3) is 0 Å². The molecule has 0 radical (unpaired) electrons. The fraction of sp³-hybridized carbons (Fsp3) is 0.571. The molecule has 24 heavy (non-hydrogen) atoms. The van der Waals surface area contributed by atoms with Gasteiger partial charge in [-0.3, -0.25) is 9.78 Å². The third kappa shape index (κ3) is 4.30. The lowest BCUT2D eigenvalue weighted by Gasteiger charge is -2.40. The van der Waals surface area contributed by atoms with E-state index in [0.717, 1.165) is 19.2 Å². The van der Waals surface area contributed by atoms with Crippen molar-refractivity contribution in [1.29, 1.82) is 0 Å². The van der Waals surface area contributed by atoms with Gasteiger partial charge in [-0.15, -0.1) is 0 Å². The summed E-state index contributed by atoms with van der Waals surface area (Å²) in [4.78, 5) is 15.4. The van der Waals surface area contributed by atoms with Crippen molar-refractivity contribution in [2.24, 2.45) is 0 Å². The molecule has 1 N–H and O–H groups in total. The van der Waals surface area contributed by atoms with Gasteiger partial charge in [-0.05, 0) is 25.0 Å². The van der Waals surface area contributed by atoms with Crippen molar-refractivity contribution in [2.75, 3.05) is 11.9 Å². The smallest absolute Gasteiger partial charge is 0.380 e. The van der Waals surface area contributed by atoms with Gasteiger partial charge in [0.1, 0.15) is 11.7 Å². The van der Waals surface area contributed by atoms with Crippen molar-refractivity contribution < 1.29 is 31.1 Å². The minimum absolute atomic E-state index is 0.0810. The fourth-order valence-electron chi connectivity index (χ4n) is 2.69. The van der Waals surface area contributed by atoms with Crippen molar-refractivity contribution >= 4 is 11.6 Å². The number of hydrogen-bond donors (Lipinski definition) is 1. The molecule has 1 aliphatic heterocycles. The van der Waals surface area contributed by atoms with E-state index in [1.807, 2.05) is 0 Å². The molecule has 1 amide bonds. The molecule has 1 aromatic heterocycles. The van der Waals surface area contributed by atoms with Crippen LogP contribution in [0.1, 0.15) is 25.5 Å².